The molecule has 0 atom stereocenters. The molecular formula is C49H31NO. The second-order valence-corrected chi connectivity index (χ2v) is 13.6. The van der Waals surface area contributed by atoms with Gasteiger partial charge in [-0.1, -0.05) is 152 Å². The molecule has 1 aliphatic heterocycles. The van der Waals surface area contributed by atoms with Crippen LogP contribution in [-0.4, -0.2) is 4.57 Å². The summed E-state index contributed by atoms with van der Waals surface area (Å²) in [7, 11) is 0. The van der Waals surface area contributed by atoms with E-state index >= 15 is 0 Å². The molecule has 0 bridgehead atoms. The number of rotatable bonds is 3. The quantitative estimate of drug-likeness (QED) is 0.186. The predicted molar refractivity (Wildman–Crippen MR) is 209 cm³/mol. The summed E-state index contributed by atoms with van der Waals surface area (Å²) >= 11 is 0. The van der Waals surface area contributed by atoms with E-state index in [1.165, 1.54) is 77.4 Å². The highest BCUT2D eigenvalue weighted by molar-refractivity contribution is 6.13. The molecule has 0 saturated carbocycles. The molecule has 9 aromatic rings. The fourth-order valence-electron chi connectivity index (χ4n) is 8.98. The summed E-state index contributed by atoms with van der Waals surface area (Å²) in [5, 5.41) is 2.52. The minimum absolute atomic E-state index is 0.478. The Kier molecular flexibility index (Phi) is 5.91. The largest absolute Gasteiger partial charge is 0.457 e. The Balaban J connectivity index is 1.08. The maximum Gasteiger partial charge on any atom is 0.132 e. The Morgan fingerprint density at radius 1 is 0.373 bits per heavy atom. The first kappa shape index (κ1) is 28.2. The van der Waals surface area contributed by atoms with Crippen molar-refractivity contribution >= 4 is 21.8 Å². The van der Waals surface area contributed by atoms with Gasteiger partial charge in [0, 0.05) is 33.2 Å². The lowest BCUT2D eigenvalue weighted by molar-refractivity contribution is 0.436. The third-order valence-electron chi connectivity index (χ3n) is 11.1. The van der Waals surface area contributed by atoms with Crippen LogP contribution in [0.25, 0.3) is 60.9 Å². The van der Waals surface area contributed by atoms with Crippen LogP contribution in [0.2, 0.25) is 0 Å². The molecule has 2 heterocycles. The van der Waals surface area contributed by atoms with Crippen molar-refractivity contribution in [2.75, 3.05) is 0 Å². The normalized spacial score (nSPS) is 13.4. The fourth-order valence-corrected chi connectivity index (χ4v) is 8.98. The highest BCUT2D eigenvalue weighted by Gasteiger charge is 2.50. The Hall–Kier alpha value is -6.64. The van der Waals surface area contributed by atoms with Crippen LogP contribution >= 0.6 is 0 Å². The lowest BCUT2D eigenvalue weighted by Gasteiger charge is -2.39. The number of hydrogen-bond acceptors (Lipinski definition) is 1. The van der Waals surface area contributed by atoms with Gasteiger partial charge in [-0.15, -0.1) is 0 Å². The van der Waals surface area contributed by atoms with E-state index in [0.717, 1.165) is 17.2 Å². The second kappa shape index (κ2) is 10.7. The summed E-state index contributed by atoms with van der Waals surface area (Å²) in [6, 6.07) is 68.3. The monoisotopic (exact) mass is 649 g/mol. The van der Waals surface area contributed by atoms with Crippen LogP contribution in [0, 0.1) is 0 Å². The highest BCUT2D eigenvalue weighted by Crippen LogP contribution is 2.62. The fraction of sp³-hybridized carbons (Fsp3) is 0.0204. The zero-order valence-corrected chi connectivity index (χ0v) is 27.8. The molecule has 1 aromatic heterocycles. The third-order valence-corrected chi connectivity index (χ3v) is 11.1. The SMILES string of the molecule is c1ccc(-n2c3ccccc3c3cccc(-c4ccc(-c5ccc6c(c5)C5(c7ccccc7O6)c6ccccc6-c6ccccc65)cc4)c32)cc1. The first-order valence-corrected chi connectivity index (χ1v) is 17.6. The van der Waals surface area contributed by atoms with Crippen LogP contribution in [0.4, 0.5) is 0 Å². The summed E-state index contributed by atoms with van der Waals surface area (Å²) < 4.78 is 9.08. The number of fused-ring (bicyclic) bond motifs is 12. The topological polar surface area (TPSA) is 14.2 Å². The molecule has 0 unspecified atom stereocenters. The van der Waals surface area contributed by atoms with Crippen LogP contribution in [-0.2, 0) is 5.41 Å². The number of benzene rings is 8. The smallest absolute Gasteiger partial charge is 0.132 e. The van der Waals surface area contributed by atoms with Gasteiger partial charge in [0.15, 0.2) is 0 Å². The summed E-state index contributed by atoms with van der Waals surface area (Å²) in [5.74, 6) is 1.82. The summed E-state index contributed by atoms with van der Waals surface area (Å²) in [4.78, 5) is 0. The zero-order chi connectivity index (χ0) is 33.5. The van der Waals surface area contributed by atoms with Crippen LogP contribution in [0.15, 0.2) is 188 Å². The minimum Gasteiger partial charge on any atom is -0.457 e. The molecule has 8 aromatic carbocycles. The van der Waals surface area contributed by atoms with E-state index in [9.17, 15) is 0 Å². The molecule has 0 saturated heterocycles. The molecule has 0 radical (unpaired) electrons. The maximum atomic E-state index is 6.67. The number of hydrogen-bond donors (Lipinski definition) is 0. The molecule has 0 amide bonds. The van der Waals surface area contributed by atoms with E-state index in [-0.39, 0.29) is 0 Å². The van der Waals surface area contributed by atoms with Crippen molar-refractivity contribution in [1.82, 2.24) is 4.57 Å². The molecule has 2 aliphatic rings. The molecule has 0 fully saturated rings. The van der Waals surface area contributed by atoms with E-state index in [0.29, 0.717) is 0 Å². The van der Waals surface area contributed by atoms with Gasteiger partial charge in [0.05, 0.1) is 16.4 Å². The number of ether oxygens (including phenoxy) is 1. The van der Waals surface area contributed by atoms with Gasteiger partial charge in [0.2, 0.25) is 0 Å². The first-order chi connectivity index (χ1) is 25.3. The Morgan fingerprint density at radius 2 is 0.941 bits per heavy atom. The van der Waals surface area contributed by atoms with Gasteiger partial charge in [0.1, 0.15) is 11.5 Å². The number of para-hydroxylation sites is 4. The van der Waals surface area contributed by atoms with Gasteiger partial charge in [-0.2, -0.15) is 0 Å². The Labute approximate surface area is 296 Å². The van der Waals surface area contributed by atoms with E-state index < -0.39 is 5.41 Å². The Bertz CT molecular complexity index is 2780. The third kappa shape index (κ3) is 3.87. The second-order valence-electron chi connectivity index (χ2n) is 13.6. The van der Waals surface area contributed by atoms with Gasteiger partial charge in [-0.3, -0.25) is 0 Å². The standard InChI is InChI=1S/C49H31NO/c1-2-13-35(14-3-1)50-45-23-10-6-17-39(45)40-19-12-18-36(48(40)50)33-27-25-32(26-28-33)34-29-30-47-44(31-34)49(43-22-9-11-24-46(43)51-47)41-20-7-4-15-37(41)38-16-5-8-21-42(38)49/h1-31H. The van der Waals surface area contributed by atoms with Crippen LogP contribution in [0.1, 0.15) is 22.3 Å². The van der Waals surface area contributed by atoms with E-state index in [1.807, 2.05) is 0 Å². The molecule has 2 nitrogen and oxygen atoms in total. The van der Waals surface area contributed by atoms with Crippen molar-refractivity contribution < 1.29 is 4.74 Å². The lowest BCUT2D eigenvalue weighted by Crippen LogP contribution is -2.32. The molecular weight excluding hydrogens is 619 g/mol. The predicted octanol–water partition coefficient (Wildman–Crippen LogP) is 12.6. The van der Waals surface area contributed by atoms with Crippen molar-refractivity contribution in [3.8, 4) is 50.6 Å². The molecule has 51 heavy (non-hydrogen) atoms. The summed E-state index contributed by atoms with van der Waals surface area (Å²) in [5.41, 5.74) is 15.4. The lowest BCUT2D eigenvalue weighted by atomic mass is 9.66. The number of nitrogens with zero attached hydrogens (tertiary/aromatic N) is 1. The van der Waals surface area contributed by atoms with Crippen LogP contribution < -0.4 is 4.74 Å². The molecule has 11 rings (SSSR count). The van der Waals surface area contributed by atoms with Gasteiger partial charge < -0.3 is 9.30 Å². The average molecular weight is 650 g/mol. The van der Waals surface area contributed by atoms with Gasteiger partial charge in [-0.25, -0.2) is 0 Å². The van der Waals surface area contributed by atoms with Crippen molar-refractivity contribution in [1.29, 1.82) is 0 Å². The molecule has 2 heteroatoms. The maximum absolute atomic E-state index is 6.67. The van der Waals surface area contributed by atoms with Crippen LogP contribution in [0.5, 0.6) is 11.5 Å². The van der Waals surface area contributed by atoms with Crippen molar-refractivity contribution in [2.45, 2.75) is 5.41 Å². The van der Waals surface area contributed by atoms with Gasteiger partial charge in [-0.05, 0) is 75.3 Å². The Morgan fingerprint density at radius 3 is 1.73 bits per heavy atom. The average Bonchev–Trinajstić information content (AvgIpc) is 3.70. The summed E-state index contributed by atoms with van der Waals surface area (Å²) in [6.07, 6.45) is 0. The molecule has 238 valence electrons. The minimum atomic E-state index is -0.478. The van der Waals surface area contributed by atoms with Gasteiger partial charge in [0.25, 0.3) is 0 Å². The summed E-state index contributed by atoms with van der Waals surface area (Å²) in [6.45, 7) is 0. The van der Waals surface area contributed by atoms with E-state index in [1.54, 1.807) is 0 Å². The molecule has 1 aliphatic carbocycles. The zero-order valence-electron chi connectivity index (χ0n) is 27.8. The molecule has 0 N–H and O–H groups in total. The first-order valence-electron chi connectivity index (χ1n) is 17.6. The molecule has 1 spiro atoms. The van der Waals surface area contributed by atoms with E-state index in [4.69, 9.17) is 4.74 Å². The van der Waals surface area contributed by atoms with Crippen LogP contribution in [0.3, 0.4) is 0 Å². The number of aromatic nitrogens is 1. The van der Waals surface area contributed by atoms with Gasteiger partial charge >= 0.3 is 0 Å². The van der Waals surface area contributed by atoms with E-state index in [2.05, 4.69) is 193 Å². The van der Waals surface area contributed by atoms with Crippen molar-refractivity contribution in [3.05, 3.63) is 210 Å². The van der Waals surface area contributed by atoms with Crippen molar-refractivity contribution in [2.24, 2.45) is 0 Å². The van der Waals surface area contributed by atoms with Crippen molar-refractivity contribution in [3.63, 3.8) is 0 Å². The highest BCUT2D eigenvalue weighted by atomic mass is 16.5.